The summed E-state index contributed by atoms with van der Waals surface area (Å²) in [4.78, 5) is 61.4. The SMILES string of the molecule is COc1cc(/C=C/C(=O)OOC(=O)C2=C(c3ccc(OC(=O)C(C)(C)C)c(OC)c3)Cc3cc4cccc-4ccc32)ccc1OC(=O)C(C)(C)C. The van der Waals surface area contributed by atoms with Crippen LogP contribution in [0.4, 0.5) is 0 Å². The maximum absolute atomic E-state index is 13.7. The first-order valence-corrected chi connectivity index (χ1v) is 16.3. The van der Waals surface area contributed by atoms with Crippen molar-refractivity contribution in [2.75, 3.05) is 14.2 Å². The molecule has 5 rings (SSSR count). The minimum absolute atomic E-state index is 0.214. The fraction of sp³-hybridized carbons (Fsp3) is 0.268. The Bertz CT molecular complexity index is 2040. The van der Waals surface area contributed by atoms with Crippen molar-refractivity contribution in [3.63, 3.8) is 0 Å². The van der Waals surface area contributed by atoms with Gasteiger partial charge in [0.1, 0.15) is 0 Å². The standard InChI is InChI=1S/C41H40O10/c1-40(2,3)38(44)48-31-17-12-24(20-33(31)46-7)13-19-35(42)50-51-37(43)36-29-16-14-25-10-9-11-26(25)21-28(29)22-30(36)27-15-18-32(34(23-27)47-8)49-39(45)41(4,5)6/h9-21,23H,22H2,1-8H3/b19-13+. The zero-order valence-electron chi connectivity index (χ0n) is 29.9. The van der Waals surface area contributed by atoms with Gasteiger partial charge in [0.2, 0.25) is 0 Å². The molecule has 0 saturated carbocycles. The zero-order chi connectivity index (χ0) is 37.1. The van der Waals surface area contributed by atoms with Crippen LogP contribution in [0.2, 0.25) is 0 Å². The number of hydrogen-bond donors (Lipinski definition) is 0. The van der Waals surface area contributed by atoms with E-state index in [1.807, 2.05) is 36.4 Å². The molecule has 0 unspecified atom stereocenters. The van der Waals surface area contributed by atoms with Crippen LogP contribution in [0.15, 0.2) is 78.9 Å². The average Bonchev–Trinajstić information content (AvgIpc) is 3.64. The van der Waals surface area contributed by atoms with Gasteiger partial charge >= 0.3 is 23.9 Å². The summed E-state index contributed by atoms with van der Waals surface area (Å²) in [6.07, 6.45) is 2.90. The fourth-order valence-corrected chi connectivity index (χ4v) is 5.22. The molecule has 264 valence electrons. The predicted octanol–water partition coefficient (Wildman–Crippen LogP) is 7.89. The van der Waals surface area contributed by atoms with E-state index >= 15 is 0 Å². The largest absolute Gasteiger partial charge is 0.493 e. The van der Waals surface area contributed by atoms with Crippen LogP contribution in [0.3, 0.4) is 0 Å². The molecule has 10 nitrogen and oxygen atoms in total. The molecule has 0 heterocycles. The monoisotopic (exact) mass is 692 g/mol. The summed E-state index contributed by atoms with van der Waals surface area (Å²) in [5.74, 6) is -1.59. The van der Waals surface area contributed by atoms with Crippen LogP contribution in [0.5, 0.6) is 23.0 Å². The summed E-state index contributed by atoms with van der Waals surface area (Å²) in [5.41, 5.74) is 4.04. The summed E-state index contributed by atoms with van der Waals surface area (Å²) < 4.78 is 22.0. The zero-order valence-corrected chi connectivity index (χ0v) is 29.9. The van der Waals surface area contributed by atoms with E-state index in [1.54, 1.807) is 77.9 Å². The topological polar surface area (TPSA) is 124 Å². The molecule has 0 bridgehead atoms. The van der Waals surface area contributed by atoms with Crippen LogP contribution in [0.25, 0.3) is 28.3 Å². The Morgan fingerprint density at radius 3 is 1.84 bits per heavy atom. The summed E-state index contributed by atoms with van der Waals surface area (Å²) in [5, 5.41) is 0. The van der Waals surface area contributed by atoms with Gasteiger partial charge < -0.3 is 18.9 Å². The molecule has 2 aromatic rings. The quantitative estimate of drug-likeness (QED) is 0.0592. The Kier molecular flexibility index (Phi) is 10.4. The molecular formula is C41H40O10. The molecule has 0 aromatic heterocycles. The second-order valence-corrected chi connectivity index (χ2v) is 14.0. The molecule has 0 atom stereocenters. The van der Waals surface area contributed by atoms with Crippen molar-refractivity contribution >= 4 is 41.1 Å². The van der Waals surface area contributed by atoms with Crippen LogP contribution in [0.1, 0.15) is 63.8 Å². The number of benzene rings is 2. The van der Waals surface area contributed by atoms with Crippen molar-refractivity contribution in [2.24, 2.45) is 10.8 Å². The predicted molar refractivity (Wildman–Crippen MR) is 191 cm³/mol. The van der Waals surface area contributed by atoms with Crippen molar-refractivity contribution in [1.82, 2.24) is 0 Å². The Morgan fingerprint density at radius 2 is 1.22 bits per heavy atom. The van der Waals surface area contributed by atoms with Crippen molar-refractivity contribution in [3.05, 3.63) is 101 Å². The smallest absolute Gasteiger partial charge is 0.387 e. The van der Waals surface area contributed by atoms with Crippen molar-refractivity contribution < 1.29 is 47.9 Å². The summed E-state index contributed by atoms with van der Waals surface area (Å²) in [6, 6.07) is 21.5. The number of carbonyl (C=O) groups excluding carboxylic acids is 4. The van der Waals surface area contributed by atoms with Gasteiger partial charge in [-0.2, -0.15) is 0 Å². The minimum atomic E-state index is -0.935. The number of esters is 2. The number of hydrogen-bond acceptors (Lipinski definition) is 10. The van der Waals surface area contributed by atoms with E-state index in [0.29, 0.717) is 34.4 Å². The second kappa shape index (κ2) is 14.5. The van der Waals surface area contributed by atoms with Crippen LogP contribution in [-0.4, -0.2) is 38.1 Å². The first-order valence-electron chi connectivity index (χ1n) is 16.3. The van der Waals surface area contributed by atoms with Crippen LogP contribution in [-0.2, 0) is 35.4 Å². The lowest BCUT2D eigenvalue weighted by Gasteiger charge is -2.18. The maximum atomic E-state index is 13.7. The van der Waals surface area contributed by atoms with Gasteiger partial charge in [-0.25, -0.2) is 19.4 Å². The van der Waals surface area contributed by atoms with Crippen molar-refractivity contribution in [2.45, 2.75) is 48.0 Å². The number of fused-ring (bicyclic) bond motifs is 2. The first-order chi connectivity index (χ1) is 24.1. The van der Waals surface area contributed by atoms with Gasteiger partial charge in [0.25, 0.3) is 0 Å². The average molecular weight is 693 g/mol. The van der Waals surface area contributed by atoms with Crippen molar-refractivity contribution in [1.29, 1.82) is 0 Å². The van der Waals surface area contributed by atoms with Gasteiger partial charge in [-0.15, -0.1) is 0 Å². The van der Waals surface area contributed by atoms with E-state index in [1.165, 1.54) is 20.3 Å². The fourth-order valence-electron chi connectivity index (χ4n) is 5.22. The van der Waals surface area contributed by atoms with Crippen LogP contribution < -0.4 is 18.9 Å². The highest BCUT2D eigenvalue weighted by molar-refractivity contribution is 6.27. The maximum Gasteiger partial charge on any atom is 0.387 e. The lowest BCUT2D eigenvalue weighted by atomic mass is 9.97. The number of methoxy groups -OCH3 is 2. The van der Waals surface area contributed by atoms with E-state index in [-0.39, 0.29) is 22.8 Å². The van der Waals surface area contributed by atoms with E-state index in [2.05, 4.69) is 0 Å². The molecule has 3 aliphatic carbocycles. The summed E-state index contributed by atoms with van der Waals surface area (Å²) in [7, 11) is 2.90. The number of ether oxygens (including phenoxy) is 4. The second-order valence-electron chi connectivity index (χ2n) is 14.0. The molecule has 0 amide bonds. The molecule has 51 heavy (non-hydrogen) atoms. The van der Waals surface area contributed by atoms with E-state index in [0.717, 1.165) is 22.8 Å². The Morgan fingerprint density at radius 1 is 0.627 bits per heavy atom. The highest BCUT2D eigenvalue weighted by Crippen LogP contribution is 2.43. The van der Waals surface area contributed by atoms with Gasteiger partial charge in [-0.1, -0.05) is 48.5 Å². The summed E-state index contributed by atoms with van der Waals surface area (Å²) in [6.45, 7) is 10.5. The molecule has 0 N–H and O–H groups in total. The number of carbonyl (C=O) groups is 4. The molecule has 3 aliphatic rings. The lowest BCUT2D eigenvalue weighted by Crippen LogP contribution is -2.25. The highest BCUT2D eigenvalue weighted by Gasteiger charge is 2.32. The van der Waals surface area contributed by atoms with Gasteiger partial charge in [0.15, 0.2) is 23.0 Å². The van der Waals surface area contributed by atoms with E-state index < -0.39 is 34.7 Å². The van der Waals surface area contributed by atoms with Crippen LogP contribution >= 0.6 is 0 Å². The Hall–Kier alpha value is -5.90. The summed E-state index contributed by atoms with van der Waals surface area (Å²) >= 11 is 0. The molecular weight excluding hydrogens is 652 g/mol. The lowest BCUT2D eigenvalue weighted by molar-refractivity contribution is -0.249. The molecule has 0 radical (unpaired) electrons. The van der Waals surface area contributed by atoms with Crippen LogP contribution in [0, 0.1) is 10.8 Å². The Labute approximate surface area is 296 Å². The molecule has 0 fully saturated rings. The molecule has 0 aliphatic heterocycles. The normalized spacial score (nSPS) is 12.8. The van der Waals surface area contributed by atoms with Gasteiger partial charge in [0.05, 0.1) is 30.6 Å². The van der Waals surface area contributed by atoms with Gasteiger partial charge in [-0.05, 0) is 117 Å². The molecule has 0 saturated heterocycles. The first kappa shape index (κ1) is 36.4. The van der Waals surface area contributed by atoms with E-state index in [4.69, 9.17) is 28.7 Å². The van der Waals surface area contributed by atoms with Gasteiger partial charge in [0, 0.05) is 6.08 Å². The highest BCUT2D eigenvalue weighted by atomic mass is 17.2. The Balaban J connectivity index is 1.39. The van der Waals surface area contributed by atoms with Gasteiger partial charge in [-0.3, -0.25) is 9.59 Å². The minimum Gasteiger partial charge on any atom is -0.493 e. The number of allylic oxidation sites excluding steroid dienone is 1. The molecule has 10 heteroatoms. The molecule has 0 spiro atoms. The third kappa shape index (κ3) is 8.29. The third-order valence-corrected chi connectivity index (χ3v) is 8.07. The molecule has 2 aromatic carbocycles. The number of rotatable bonds is 8. The third-order valence-electron chi connectivity index (χ3n) is 8.07. The van der Waals surface area contributed by atoms with E-state index in [9.17, 15) is 19.2 Å². The van der Waals surface area contributed by atoms with Crippen molar-refractivity contribution in [3.8, 4) is 34.1 Å².